The SMILES string of the molecule is CC1CCCCN1c1ccc2cccc(OCc3ccc(Cl)cc3)c2n1. The van der Waals surface area contributed by atoms with E-state index in [0.717, 1.165) is 39.6 Å². The summed E-state index contributed by atoms with van der Waals surface area (Å²) in [4.78, 5) is 7.37. The van der Waals surface area contributed by atoms with E-state index in [4.69, 9.17) is 21.3 Å². The van der Waals surface area contributed by atoms with Crippen molar-refractivity contribution >= 4 is 28.3 Å². The van der Waals surface area contributed by atoms with Crippen LogP contribution in [0.4, 0.5) is 5.82 Å². The summed E-state index contributed by atoms with van der Waals surface area (Å²) >= 11 is 5.95. The van der Waals surface area contributed by atoms with Crippen LogP contribution in [-0.2, 0) is 6.61 Å². The maximum absolute atomic E-state index is 6.09. The van der Waals surface area contributed by atoms with Crippen molar-refractivity contribution in [3.63, 3.8) is 0 Å². The minimum Gasteiger partial charge on any atom is -0.487 e. The molecule has 3 aromatic rings. The van der Waals surface area contributed by atoms with E-state index in [0.29, 0.717) is 12.6 Å². The molecule has 4 heteroatoms. The third-order valence-corrected chi connectivity index (χ3v) is 5.33. The smallest absolute Gasteiger partial charge is 0.146 e. The molecule has 134 valence electrons. The predicted molar refractivity (Wildman–Crippen MR) is 108 cm³/mol. The van der Waals surface area contributed by atoms with Crippen LogP contribution in [0.15, 0.2) is 54.6 Å². The first-order valence-corrected chi connectivity index (χ1v) is 9.62. The number of halogens is 1. The molecule has 1 fully saturated rings. The highest BCUT2D eigenvalue weighted by molar-refractivity contribution is 6.30. The summed E-state index contributed by atoms with van der Waals surface area (Å²) in [5.74, 6) is 1.87. The van der Waals surface area contributed by atoms with E-state index >= 15 is 0 Å². The molecule has 0 aliphatic carbocycles. The van der Waals surface area contributed by atoms with Gasteiger partial charge in [0.25, 0.3) is 0 Å². The number of anilines is 1. The van der Waals surface area contributed by atoms with Gasteiger partial charge in [-0.05, 0) is 62.1 Å². The zero-order valence-corrected chi connectivity index (χ0v) is 15.7. The molecule has 1 saturated heterocycles. The quantitative estimate of drug-likeness (QED) is 0.579. The number of pyridine rings is 1. The molecule has 1 aromatic heterocycles. The average molecular weight is 367 g/mol. The Hall–Kier alpha value is -2.26. The fourth-order valence-corrected chi connectivity index (χ4v) is 3.69. The molecule has 0 radical (unpaired) electrons. The second-order valence-corrected chi connectivity index (χ2v) is 7.39. The predicted octanol–water partition coefficient (Wildman–Crippen LogP) is 5.85. The van der Waals surface area contributed by atoms with Crippen LogP contribution >= 0.6 is 11.6 Å². The Morgan fingerprint density at radius 1 is 1.08 bits per heavy atom. The maximum Gasteiger partial charge on any atom is 0.146 e. The van der Waals surface area contributed by atoms with Crippen molar-refractivity contribution in [2.75, 3.05) is 11.4 Å². The highest BCUT2D eigenvalue weighted by Gasteiger charge is 2.20. The second-order valence-electron chi connectivity index (χ2n) is 6.95. The lowest BCUT2D eigenvalue weighted by Gasteiger charge is -2.34. The lowest BCUT2D eigenvalue weighted by atomic mass is 10.0. The van der Waals surface area contributed by atoms with Gasteiger partial charge >= 0.3 is 0 Å². The standard InChI is InChI=1S/C22H23ClN2O/c1-16-5-2-3-14-25(16)21-13-10-18-6-4-7-20(22(18)24-21)26-15-17-8-11-19(23)12-9-17/h4,6-13,16H,2-3,5,14-15H2,1H3. The van der Waals surface area contributed by atoms with Crippen molar-refractivity contribution in [3.05, 3.63) is 65.2 Å². The van der Waals surface area contributed by atoms with E-state index in [2.05, 4.69) is 30.0 Å². The molecule has 1 atom stereocenters. The summed E-state index contributed by atoms with van der Waals surface area (Å²) in [5.41, 5.74) is 2.02. The molecule has 0 N–H and O–H groups in total. The molecule has 0 bridgehead atoms. The van der Waals surface area contributed by atoms with Gasteiger partial charge in [-0.2, -0.15) is 0 Å². The maximum atomic E-state index is 6.09. The van der Waals surface area contributed by atoms with Gasteiger partial charge in [0.1, 0.15) is 23.7 Å². The van der Waals surface area contributed by atoms with Gasteiger partial charge in [0.15, 0.2) is 0 Å². The summed E-state index contributed by atoms with van der Waals surface area (Å²) in [7, 11) is 0. The van der Waals surface area contributed by atoms with Crippen molar-refractivity contribution in [3.8, 4) is 5.75 Å². The largest absolute Gasteiger partial charge is 0.487 e. The summed E-state index contributed by atoms with van der Waals surface area (Å²) < 4.78 is 6.09. The lowest BCUT2D eigenvalue weighted by molar-refractivity contribution is 0.309. The number of piperidine rings is 1. The molecule has 1 unspecified atom stereocenters. The van der Waals surface area contributed by atoms with Crippen LogP contribution in [-0.4, -0.2) is 17.6 Å². The minimum atomic E-state index is 0.502. The Morgan fingerprint density at radius 2 is 1.92 bits per heavy atom. The number of para-hydroxylation sites is 1. The molecule has 1 aliphatic rings. The van der Waals surface area contributed by atoms with Gasteiger partial charge in [-0.25, -0.2) is 4.98 Å². The van der Waals surface area contributed by atoms with Crippen LogP contribution in [0, 0.1) is 0 Å². The summed E-state index contributed by atoms with van der Waals surface area (Å²) in [6.07, 6.45) is 3.77. The molecule has 26 heavy (non-hydrogen) atoms. The number of benzene rings is 2. The molecule has 2 aromatic carbocycles. The van der Waals surface area contributed by atoms with E-state index in [1.165, 1.54) is 19.3 Å². The highest BCUT2D eigenvalue weighted by atomic mass is 35.5. The summed E-state index contributed by atoms with van der Waals surface area (Å²) in [5, 5.41) is 1.84. The van der Waals surface area contributed by atoms with Gasteiger partial charge < -0.3 is 9.64 Å². The average Bonchev–Trinajstić information content (AvgIpc) is 2.67. The number of aromatic nitrogens is 1. The van der Waals surface area contributed by atoms with Crippen LogP contribution < -0.4 is 9.64 Å². The first kappa shape index (κ1) is 17.2. The lowest BCUT2D eigenvalue weighted by Crippen LogP contribution is -2.37. The van der Waals surface area contributed by atoms with E-state index in [9.17, 15) is 0 Å². The normalized spacial score (nSPS) is 17.5. The molecule has 0 saturated carbocycles. The van der Waals surface area contributed by atoms with Gasteiger partial charge in [-0.1, -0.05) is 35.9 Å². The van der Waals surface area contributed by atoms with Crippen molar-refractivity contribution in [2.24, 2.45) is 0 Å². The Labute approximate surface area is 159 Å². The first-order valence-electron chi connectivity index (χ1n) is 9.24. The van der Waals surface area contributed by atoms with E-state index in [1.807, 2.05) is 36.4 Å². The summed E-state index contributed by atoms with van der Waals surface area (Å²) in [6, 6.07) is 18.7. The Balaban J connectivity index is 1.61. The number of nitrogens with zero attached hydrogens (tertiary/aromatic N) is 2. The van der Waals surface area contributed by atoms with Crippen LogP contribution in [0.25, 0.3) is 10.9 Å². The molecule has 3 nitrogen and oxygen atoms in total. The van der Waals surface area contributed by atoms with Gasteiger partial charge in [-0.15, -0.1) is 0 Å². The van der Waals surface area contributed by atoms with Gasteiger partial charge in [0.2, 0.25) is 0 Å². The Bertz CT molecular complexity index is 894. The van der Waals surface area contributed by atoms with Gasteiger partial charge in [0.05, 0.1) is 0 Å². The highest BCUT2D eigenvalue weighted by Crippen LogP contribution is 2.29. The van der Waals surface area contributed by atoms with Crippen molar-refractivity contribution in [1.29, 1.82) is 0 Å². The molecule has 1 aliphatic heterocycles. The molecular formula is C22H23ClN2O. The van der Waals surface area contributed by atoms with Crippen molar-refractivity contribution < 1.29 is 4.74 Å². The monoisotopic (exact) mass is 366 g/mol. The molecule has 2 heterocycles. The van der Waals surface area contributed by atoms with Crippen LogP contribution in [0.5, 0.6) is 5.75 Å². The van der Waals surface area contributed by atoms with Crippen molar-refractivity contribution in [1.82, 2.24) is 4.98 Å². The number of hydrogen-bond donors (Lipinski definition) is 0. The molecule has 0 amide bonds. The second kappa shape index (κ2) is 7.55. The fraction of sp³-hybridized carbons (Fsp3) is 0.318. The van der Waals surface area contributed by atoms with E-state index in [1.54, 1.807) is 0 Å². The van der Waals surface area contributed by atoms with E-state index in [-0.39, 0.29) is 0 Å². The van der Waals surface area contributed by atoms with E-state index < -0.39 is 0 Å². The number of rotatable bonds is 4. The number of hydrogen-bond acceptors (Lipinski definition) is 3. The third-order valence-electron chi connectivity index (χ3n) is 5.07. The van der Waals surface area contributed by atoms with Gasteiger partial charge in [0, 0.05) is 23.0 Å². The molecule has 0 spiro atoms. The fourth-order valence-electron chi connectivity index (χ4n) is 3.57. The first-order chi connectivity index (χ1) is 12.7. The zero-order valence-electron chi connectivity index (χ0n) is 15.0. The van der Waals surface area contributed by atoms with Gasteiger partial charge in [-0.3, -0.25) is 0 Å². The number of fused-ring (bicyclic) bond motifs is 1. The van der Waals surface area contributed by atoms with Crippen LogP contribution in [0.1, 0.15) is 31.7 Å². The topological polar surface area (TPSA) is 25.4 Å². The molecule has 4 rings (SSSR count). The third kappa shape index (κ3) is 3.63. The summed E-state index contributed by atoms with van der Waals surface area (Å²) in [6.45, 7) is 3.86. The van der Waals surface area contributed by atoms with Crippen LogP contribution in [0.2, 0.25) is 5.02 Å². The molecular weight excluding hydrogens is 344 g/mol. The van der Waals surface area contributed by atoms with Crippen molar-refractivity contribution in [2.45, 2.75) is 38.8 Å². The Morgan fingerprint density at radius 3 is 2.73 bits per heavy atom. The van der Waals surface area contributed by atoms with Crippen LogP contribution in [0.3, 0.4) is 0 Å². The Kier molecular flexibility index (Phi) is 4.98. The number of ether oxygens (including phenoxy) is 1. The minimum absolute atomic E-state index is 0.502. The zero-order chi connectivity index (χ0) is 17.9.